The molecule has 2 rings (SSSR count). The minimum Gasteiger partial charge on any atom is -0.496 e. The van der Waals surface area contributed by atoms with Gasteiger partial charge in [-0.05, 0) is 25.5 Å². The molecular formula is C17H23NO7S. The zero-order valence-corrected chi connectivity index (χ0v) is 15.9. The number of carbonyl (C=O) groups is 2. The largest absolute Gasteiger partial charge is 0.496 e. The smallest absolute Gasteiger partial charge is 0.346 e. The van der Waals surface area contributed by atoms with Gasteiger partial charge in [-0.2, -0.15) is 0 Å². The maximum atomic E-state index is 12.4. The number of esters is 1. The Kier molecular flexibility index (Phi) is 6.47. The summed E-state index contributed by atoms with van der Waals surface area (Å²) in [5, 5.41) is 0. The van der Waals surface area contributed by atoms with E-state index in [1.807, 2.05) is 0 Å². The minimum absolute atomic E-state index is 0.0547. The molecule has 26 heavy (non-hydrogen) atoms. The van der Waals surface area contributed by atoms with Crippen LogP contribution in [0.2, 0.25) is 0 Å². The van der Waals surface area contributed by atoms with Crippen LogP contribution in [0.1, 0.15) is 23.7 Å². The standard InChI is InChI=1S/C17H23NO7S/c1-4-18(12-8-9-26(21,22)11-12)15(19)10-25-17(20)16-13(23-2)6-5-7-14(16)24-3/h5-7,12H,4,8-11H2,1-3H3/t12-/m0/s1. The van der Waals surface area contributed by atoms with Gasteiger partial charge < -0.3 is 19.1 Å². The molecule has 0 saturated carbocycles. The van der Waals surface area contributed by atoms with Gasteiger partial charge in [-0.25, -0.2) is 13.2 Å². The fourth-order valence-corrected chi connectivity index (χ4v) is 4.72. The number of likely N-dealkylation sites (N-methyl/N-ethyl adjacent to an activating group) is 1. The molecule has 1 heterocycles. The molecule has 1 fully saturated rings. The van der Waals surface area contributed by atoms with E-state index in [-0.39, 0.29) is 34.6 Å². The van der Waals surface area contributed by atoms with E-state index in [0.717, 1.165) is 0 Å². The van der Waals surface area contributed by atoms with Crippen LogP contribution in [0.4, 0.5) is 0 Å². The van der Waals surface area contributed by atoms with Gasteiger partial charge in [-0.3, -0.25) is 4.79 Å². The van der Waals surface area contributed by atoms with E-state index in [9.17, 15) is 18.0 Å². The molecule has 1 aliphatic heterocycles. The van der Waals surface area contributed by atoms with Crippen LogP contribution in [-0.2, 0) is 19.4 Å². The van der Waals surface area contributed by atoms with Crippen molar-refractivity contribution in [3.05, 3.63) is 23.8 Å². The third kappa shape index (κ3) is 4.46. The number of hydrogen-bond donors (Lipinski definition) is 0. The number of ether oxygens (including phenoxy) is 3. The molecular weight excluding hydrogens is 362 g/mol. The second kappa shape index (κ2) is 8.39. The molecule has 0 aromatic heterocycles. The monoisotopic (exact) mass is 385 g/mol. The predicted molar refractivity (Wildman–Crippen MR) is 94.3 cm³/mol. The van der Waals surface area contributed by atoms with Crippen LogP contribution in [0.15, 0.2) is 18.2 Å². The summed E-state index contributed by atoms with van der Waals surface area (Å²) in [6.45, 7) is 1.62. The molecule has 1 amide bonds. The Labute approximate surface area is 152 Å². The summed E-state index contributed by atoms with van der Waals surface area (Å²) in [5.41, 5.74) is 0.0943. The normalized spacial score (nSPS) is 18.2. The van der Waals surface area contributed by atoms with Crippen molar-refractivity contribution >= 4 is 21.7 Å². The van der Waals surface area contributed by atoms with Crippen molar-refractivity contribution in [1.29, 1.82) is 0 Å². The first-order valence-electron chi connectivity index (χ1n) is 8.21. The molecule has 144 valence electrons. The van der Waals surface area contributed by atoms with Crippen LogP contribution >= 0.6 is 0 Å². The summed E-state index contributed by atoms with van der Waals surface area (Å²) in [6, 6.07) is 4.46. The molecule has 1 saturated heterocycles. The number of sulfone groups is 1. The quantitative estimate of drug-likeness (QED) is 0.643. The molecule has 1 aliphatic rings. The molecule has 8 nitrogen and oxygen atoms in total. The number of amides is 1. The lowest BCUT2D eigenvalue weighted by Gasteiger charge is -2.26. The van der Waals surface area contributed by atoms with Gasteiger partial charge >= 0.3 is 5.97 Å². The second-order valence-electron chi connectivity index (χ2n) is 5.85. The van der Waals surface area contributed by atoms with Crippen LogP contribution in [-0.4, -0.2) is 70.1 Å². The number of methoxy groups -OCH3 is 2. The molecule has 1 aromatic carbocycles. The average Bonchev–Trinajstić information content (AvgIpc) is 2.98. The molecule has 1 aromatic rings. The highest BCUT2D eigenvalue weighted by Gasteiger charge is 2.34. The molecule has 0 spiro atoms. The van der Waals surface area contributed by atoms with Gasteiger partial charge in [0.1, 0.15) is 17.1 Å². The molecule has 1 atom stereocenters. The molecule has 0 aliphatic carbocycles. The van der Waals surface area contributed by atoms with Gasteiger partial charge in [0.2, 0.25) is 0 Å². The topological polar surface area (TPSA) is 99.2 Å². The molecule has 0 radical (unpaired) electrons. The summed E-state index contributed by atoms with van der Waals surface area (Å²) < 4.78 is 38.7. The van der Waals surface area contributed by atoms with Crippen molar-refractivity contribution in [2.45, 2.75) is 19.4 Å². The maximum Gasteiger partial charge on any atom is 0.346 e. The van der Waals surface area contributed by atoms with Gasteiger partial charge in [0, 0.05) is 12.6 Å². The number of hydrogen-bond acceptors (Lipinski definition) is 7. The summed E-state index contributed by atoms with van der Waals surface area (Å²) >= 11 is 0. The fourth-order valence-electron chi connectivity index (χ4n) is 2.99. The van der Waals surface area contributed by atoms with E-state index in [1.54, 1.807) is 25.1 Å². The zero-order chi connectivity index (χ0) is 19.3. The maximum absolute atomic E-state index is 12.4. The van der Waals surface area contributed by atoms with E-state index >= 15 is 0 Å². The predicted octanol–water partition coefficient (Wildman–Crippen LogP) is 0.896. The van der Waals surface area contributed by atoms with Gasteiger partial charge in [0.15, 0.2) is 16.4 Å². The Morgan fingerprint density at radius 1 is 1.19 bits per heavy atom. The number of nitrogens with zero attached hydrogens (tertiary/aromatic N) is 1. The first-order chi connectivity index (χ1) is 12.3. The third-order valence-electron chi connectivity index (χ3n) is 4.27. The fraction of sp³-hybridized carbons (Fsp3) is 0.529. The van der Waals surface area contributed by atoms with Gasteiger partial charge in [-0.15, -0.1) is 0 Å². The van der Waals surface area contributed by atoms with Crippen LogP contribution < -0.4 is 9.47 Å². The summed E-state index contributed by atoms with van der Waals surface area (Å²) in [5.74, 6) is -0.618. The highest BCUT2D eigenvalue weighted by atomic mass is 32.2. The molecule has 0 bridgehead atoms. The molecule has 0 unspecified atom stereocenters. The minimum atomic E-state index is -3.11. The van der Waals surface area contributed by atoms with Crippen molar-refractivity contribution in [3.8, 4) is 11.5 Å². The molecule has 9 heteroatoms. The Balaban J connectivity index is 2.06. The Morgan fingerprint density at radius 2 is 1.81 bits per heavy atom. The Morgan fingerprint density at radius 3 is 2.27 bits per heavy atom. The lowest BCUT2D eigenvalue weighted by Crippen LogP contribution is -2.43. The Bertz CT molecular complexity index is 753. The first kappa shape index (κ1) is 20.0. The SMILES string of the molecule is CCN(C(=O)COC(=O)c1c(OC)cccc1OC)[C@H]1CCS(=O)(=O)C1. The van der Waals surface area contributed by atoms with Crippen molar-refractivity contribution in [1.82, 2.24) is 4.90 Å². The average molecular weight is 385 g/mol. The van der Waals surface area contributed by atoms with Crippen LogP contribution in [0.25, 0.3) is 0 Å². The van der Waals surface area contributed by atoms with Crippen molar-refractivity contribution in [2.24, 2.45) is 0 Å². The van der Waals surface area contributed by atoms with E-state index in [1.165, 1.54) is 19.1 Å². The van der Waals surface area contributed by atoms with Crippen molar-refractivity contribution in [3.63, 3.8) is 0 Å². The first-order valence-corrected chi connectivity index (χ1v) is 10.0. The van der Waals surface area contributed by atoms with Crippen LogP contribution in [0.3, 0.4) is 0 Å². The van der Waals surface area contributed by atoms with Crippen molar-refractivity contribution in [2.75, 3.05) is 38.9 Å². The van der Waals surface area contributed by atoms with Gasteiger partial charge in [-0.1, -0.05) is 6.07 Å². The summed E-state index contributed by atoms with van der Waals surface area (Å²) in [6.07, 6.45) is 0.399. The lowest BCUT2D eigenvalue weighted by atomic mass is 10.2. The second-order valence-corrected chi connectivity index (χ2v) is 8.08. The highest BCUT2D eigenvalue weighted by molar-refractivity contribution is 7.91. The number of rotatable bonds is 7. The summed E-state index contributed by atoms with van der Waals surface area (Å²) in [4.78, 5) is 26.2. The summed E-state index contributed by atoms with van der Waals surface area (Å²) in [7, 11) is -0.286. The Hall–Kier alpha value is -2.29. The van der Waals surface area contributed by atoms with Crippen LogP contribution in [0.5, 0.6) is 11.5 Å². The zero-order valence-electron chi connectivity index (χ0n) is 15.1. The van der Waals surface area contributed by atoms with E-state index in [0.29, 0.717) is 13.0 Å². The van der Waals surface area contributed by atoms with E-state index in [4.69, 9.17) is 14.2 Å². The van der Waals surface area contributed by atoms with Crippen molar-refractivity contribution < 1.29 is 32.2 Å². The van der Waals surface area contributed by atoms with E-state index in [2.05, 4.69) is 0 Å². The number of benzene rings is 1. The molecule has 0 N–H and O–H groups in total. The highest BCUT2D eigenvalue weighted by Crippen LogP contribution is 2.29. The lowest BCUT2D eigenvalue weighted by molar-refractivity contribution is -0.136. The van der Waals surface area contributed by atoms with E-state index < -0.39 is 28.3 Å². The van der Waals surface area contributed by atoms with Gasteiger partial charge in [0.05, 0.1) is 25.7 Å². The van der Waals surface area contributed by atoms with Gasteiger partial charge in [0.25, 0.3) is 5.91 Å². The number of carbonyl (C=O) groups excluding carboxylic acids is 2. The van der Waals surface area contributed by atoms with Crippen LogP contribution in [0, 0.1) is 0 Å². The third-order valence-corrected chi connectivity index (χ3v) is 6.02.